The van der Waals surface area contributed by atoms with Gasteiger partial charge in [-0.25, -0.2) is 14.8 Å². The van der Waals surface area contributed by atoms with Crippen molar-refractivity contribution in [2.24, 2.45) is 0 Å². The zero-order chi connectivity index (χ0) is 23.5. The zero-order valence-corrected chi connectivity index (χ0v) is 19.3. The lowest BCUT2D eigenvalue weighted by molar-refractivity contribution is 0.0241. The van der Waals surface area contributed by atoms with Crippen LogP contribution in [0.2, 0.25) is 0 Å². The van der Waals surface area contributed by atoms with Crippen LogP contribution in [0.3, 0.4) is 0 Å². The van der Waals surface area contributed by atoms with Crippen LogP contribution in [0.4, 0.5) is 16.3 Å². The van der Waals surface area contributed by atoms with Crippen LogP contribution in [-0.4, -0.2) is 37.0 Å². The predicted octanol–water partition coefficient (Wildman–Crippen LogP) is 2.91. The third-order valence-electron chi connectivity index (χ3n) is 6.44. The van der Waals surface area contributed by atoms with Crippen LogP contribution >= 0.6 is 0 Å². The van der Waals surface area contributed by atoms with Crippen LogP contribution < -0.4 is 16.2 Å². The lowest BCUT2D eigenvalue weighted by Gasteiger charge is -2.27. The molecule has 0 unspecified atom stereocenters. The third-order valence-corrected chi connectivity index (χ3v) is 6.44. The zero-order valence-electron chi connectivity index (χ0n) is 19.3. The molecule has 0 bridgehead atoms. The fourth-order valence-electron chi connectivity index (χ4n) is 5.03. The number of anilines is 2. The fourth-order valence-corrected chi connectivity index (χ4v) is 5.03. The molecule has 0 aromatic carbocycles. The average Bonchev–Trinajstić information content (AvgIpc) is 3.43. The van der Waals surface area contributed by atoms with Gasteiger partial charge in [-0.15, -0.1) is 0 Å². The Kier molecular flexibility index (Phi) is 4.73. The van der Waals surface area contributed by atoms with Gasteiger partial charge < -0.3 is 15.4 Å². The van der Waals surface area contributed by atoms with E-state index in [0.29, 0.717) is 29.4 Å². The molecular formula is C23H28N6O4. The van der Waals surface area contributed by atoms with E-state index >= 15 is 0 Å². The number of aromatic nitrogens is 3. The van der Waals surface area contributed by atoms with E-state index in [1.165, 1.54) is 6.33 Å². The number of carbonyl (C=O) groups is 2. The summed E-state index contributed by atoms with van der Waals surface area (Å²) in [6.45, 7) is 7.89. The number of fused-ring (bicyclic) bond motifs is 3. The van der Waals surface area contributed by atoms with Crippen LogP contribution in [0.1, 0.15) is 73.8 Å². The van der Waals surface area contributed by atoms with Gasteiger partial charge in [-0.05, 0) is 65.0 Å². The second-order valence-electron chi connectivity index (χ2n) is 10.0. The molecule has 5 rings (SSSR count). The van der Waals surface area contributed by atoms with E-state index in [9.17, 15) is 14.4 Å². The monoisotopic (exact) mass is 452 g/mol. The van der Waals surface area contributed by atoms with Crippen molar-refractivity contribution in [3.05, 3.63) is 45.3 Å². The molecule has 2 aliphatic heterocycles. The second-order valence-corrected chi connectivity index (χ2v) is 10.0. The Morgan fingerprint density at radius 1 is 1.18 bits per heavy atom. The van der Waals surface area contributed by atoms with Crippen molar-refractivity contribution in [1.82, 2.24) is 24.8 Å². The van der Waals surface area contributed by atoms with Crippen LogP contribution in [0.25, 0.3) is 0 Å². The maximum absolute atomic E-state index is 13.5. The van der Waals surface area contributed by atoms with Gasteiger partial charge in [0, 0.05) is 5.56 Å². The highest BCUT2D eigenvalue weighted by atomic mass is 16.6. The molecule has 2 amide bonds. The molecule has 1 aliphatic carbocycles. The number of pyridine rings is 1. The molecule has 1 fully saturated rings. The van der Waals surface area contributed by atoms with E-state index in [1.54, 1.807) is 15.5 Å². The lowest BCUT2D eigenvalue weighted by atomic mass is 10.1. The first-order chi connectivity index (χ1) is 15.6. The normalized spacial score (nSPS) is 18.3. The Labute approximate surface area is 191 Å². The van der Waals surface area contributed by atoms with Crippen molar-refractivity contribution >= 4 is 23.5 Å². The molecule has 0 radical (unpaired) electrons. The Hall–Kier alpha value is -3.43. The topological polar surface area (TPSA) is 118 Å². The van der Waals surface area contributed by atoms with Crippen molar-refractivity contribution in [2.45, 2.75) is 77.7 Å². The van der Waals surface area contributed by atoms with Crippen LogP contribution in [0.5, 0.6) is 0 Å². The molecule has 1 saturated carbocycles. The SMILES string of the molecule is Cc1cc(Nc2ncnc3c2CN(C(=O)OC(C)(C)C)C3)c(=O)n2c1C(=O)NC21CCCC1. The molecule has 174 valence electrons. The minimum absolute atomic E-state index is 0.200. The van der Waals surface area contributed by atoms with Crippen LogP contribution in [0, 0.1) is 6.92 Å². The highest BCUT2D eigenvalue weighted by Crippen LogP contribution is 2.39. The van der Waals surface area contributed by atoms with Crippen molar-refractivity contribution in [2.75, 3.05) is 5.32 Å². The third kappa shape index (κ3) is 3.53. The summed E-state index contributed by atoms with van der Waals surface area (Å²) in [6, 6.07) is 1.69. The van der Waals surface area contributed by atoms with Crippen molar-refractivity contribution in [3.8, 4) is 0 Å². The summed E-state index contributed by atoms with van der Waals surface area (Å²) in [6.07, 6.45) is 4.39. The highest BCUT2D eigenvalue weighted by Gasteiger charge is 2.46. The van der Waals surface area contributed by atoms with Gasteiger partial charge in [-0.2, -0.15) is 0 Å². The average molecular weight is 453 g/mol. The summed E-state index contributed by atoms with van der Waals surface area (Å²) in [5.74, 6) is 0.273. The number of hydrogen-bond donors (Lipinski definition) is 2. The fraction of sp³-hybridized carbons (Fsp3) is 0.522. The van der Waals surface area contributed by atoms with E-state index < -0.39 is 17.4 Å². The molecule has 2 aromatic heterocycles. The van der Waals surface area contributed by atoms with Gasteiger partial charge in [-0.3, -0.25) is 19.1 Å². The number of amides is 2. The highest BCUT2D eigenvalue weighted by molar-refractivity contribution is 5.97. The van der Waals surface area contributed by atoms with Gasteiger partial charge in [-0.1, -0.05) is 0 Å². The smallest absolute Gasteiger partial charge is 0.410 e. The first-order valence-electron chi connectivity index (χ1n) is 11.3. The van der Waals surface area contributed by atoms with Crippen molar-refractivity contribution in [3.63, 3.8) is 0 Å². The van der Waals surface area contributed by atoms with E-state index in [2.05, 4.69) is 20.6 Å². The lowest BCUT2D eigenvalue weighted by Crippen LogP contribution is -2.45. The van der Waals surface area contributed by atoms with Gasteiger partial charge >= 0.3 is 6.09 Å². The molecule has 1 spiro atoms. The molecule has 4 heterocycles. The van der Waals surface area contributed by atoms with Gasteiger partial charge in [0.15, 0.2) is 0 Å². The predicted molar refractivity (Wildman–Crippen MR) is 120 cm³/mol. The number of carbonyl (C=O) groups excluding carboxylic acids is 2. The number of hydrogen-bond acceptors (Lipinski definition) is 7. The molecule has 0 atom stereocenters. The maximum atomic E-state index is 13.5. The van der Waals surface area contributed by atoms with Gasteiger partial charge in [0.25, 0.3) is 11.5 Å². The maximum Gasteiger partial charge on any atom is 0.410 e. The van der Waals surface area contributed by atoms with E-state index in [0.717, 1.165) is 36.8 Å². The quantitative estimate of drug-likeness (QED) is 0.719. The molecule has 10 heteroatoms. The Balaban J connectivity index is 1.48. The number of aryl methyl sites for hydroxylation is 1. The summed E-state index contributed by atoms with van der Waals surface area (Å²) in [4.78, 5) is 49.0. The number of ether oxygens (including phenoxy) is 1. The number of nitrogens with zero attached hydrogens (tertiary/aromatic N) is 4. The molecule has 33 heavy (non-hydrogen) atoms. The first-order valence-corrected chi connectivity index (χ1v) is 11.3. The second kappa shape index (κ2) is 7.29. The minimum Gasteiger partial charge on any atom is -0.444 e. The Bertz CT molecular complexity index is 1220. The van der Waals surface area contributed by atoms with Gasteiger partial charge in [0.1, 0.15) is 34.8 Å². The molecule has 2 aromatic rings. The molecule has 2 N–H and O–H groups in total. The van der Waals surface area contributed by atoms with Crippen LogP contribution in [0.15, 0.2) is 17.2 Å². The van der Waals surface area contributed by atoms with E-state index in [4.69, 9.17) is 4.74 Å². The van der Waals surface area contributed by atoms with Crippen molar-refractivity contribution in [1.29, 1.82) is 0 Å². The van der Waals surface area contributed by atoms with Gasteiger partial charge in [0.05, 0.1) is 18.8 Å². The number of rotatable bonds is 2. The summed E-state index contributed by atoms with van der Waals surface area (Å²) in [5, 5.41) is 6.23. The number of nitrogens with one attached hydrogen (secondary N) is 2. The van der Waals surface area contributed by atoms with Crippen LogP contribution in [-0.2, 0) is 23.5 Å². The molecular weight excluding hydrogens is 424 g/mol. The molecule has 0 saturated heterocycles. The Morgan fingerprint density at radius 3 is 2.61 bits per heavy atom. The Morgan fingerprint density at radius 2 is 1.91 bits per heavy atom. The molecule has 3 aliphatic rings. The standard InChI is InChI=1S/C23H28N6O4/c1-13-9-15(20(31)29-17(13)19(30)27-23(29)7-5-6-8-23)26-18-14-10-28(11-16(14)24-12-25-18)21(32)33-22(2,3)4/h9,12H,5-8,10-11H2,1-4H3,(H,27,30)(H,24,25,26). The summed E-state index contributed by atoms with van der Waals surface area (Å²) in [5.41, 5.74) is 1.44. The summed E-state index contributed by atoms with van der Waals surface area (Å²) >= 11 is 0. The largest absolute Gasteiger partial charge is 0.444 e. The van der Waals surface area contributed by atoms with Crippen molar-refractivity contribution < 1.29 is 14.3 Å². The van der Waals surface area contributed by atoms with E-state index in [1.807, 2.05) is 27.7 Å². The van der Waals surface area contributed by atoms with Gasteiger partial charge in [0.2, 0.25) is 0 Å². The summed E-state index contributed by atoms with van der Waals surface area (Å²) < 4.78 is 7.12. The first kappa shape index (κ1) is 21.4. The molecule has 10 nitrogen and oxygen atoms in total. The minimum atomic E-state index is -0.646. The van der Waals surface area contributed by atoms with E-state index in [-0.39, 0.29) is 18.0 Å². The summed E-state index contributed by atoms with van der Waals surface area (Å²) in [7, 11) is 0.